The van der Waals surface area contributed by atoms with Gasteiger partial charge in [0.15, 0.2) is 5.82 Å². The van der Waals surface area contributed by atoms with Crippen molar-refractivity contribution < 1.29 is 4.52 Å². The summed E-state index contributed by atoms with van der Waals surface area (Å²) < 4.78 is 4.61. The Hall–Kier alpha value is -1.10. The second kappa shape index (κ2) is 4.53. The molecule has 1 aromatic rings. The molecule has 2 aliphatic rings. The van der Waals surface area contributed by atoms with E-state index in [1.54, 1.807) is 0 Å². The Morgan fingerprint density at radius 1 is 1.39 bits per heavy atom. The van der Waals surface area contributed by atoms with Gasteiger partial charge in [-0.15, -0.1) is 0 Å². The summed E-state index contributed by atoms with van der Waals surface area (Å²) in [5.41, 5.74) is 5.79. The van der Waals surface area contributed by atoms with Gasteiger partial charge < -0.3 is 5.73 Å². The molecule has 3 rings (SSSR count). The van der Waals surface area contributed by atoms with Crippen molar-refractivity contribution in [3.8, 4) is 0 Å². The molecule has 2 atom stereocenters. The Bertz CT molecular complexity index is 461. The van der Waals surface area contributed by atoms with Gasteiger partial charge in [-0.05, 0) is 24.7 Å². The molecule has 100 valence electrons. The van der Waals surface area contributed by atoms with Gasteiger partial charge in [0, 0.05) is 12.0 Å². The van der Waals surface area contributed by atoms with Crippen molar-refractivity contribution in [2.45, 2.75) is 50.4 Å². The topological polar surface area (TPSA) is 84.9 Å². The van der Waals surface area contributed by atoms with Crippen molar-refractivity contribution >= 4 is 0 Å². The number of aromatic nitrogens is 2. The molecule has 0 spiro atoms. The normalized spacial score (nSPS) is 32.6. The van der Waals surface area contributed by atoms with Crippen molar-refractivity contribution in [1.82, 2.24) is 10.1 Å². The Kier molecular flexibility index (Phi) is 3.01. The standard InChI is InChI=1S/C13H21N3O2/c14-8-13(11-15-12(17)18-16-11)7-10(13)6-9-4-2-1-3-5-9/h9-10H,1-8,14H2,(H,15,16,17). The van der Waals surface area contributed by atoms with E-state index in [-0.39, 0.29) is 5.41 Å². The predicted molar refractivity (Wildman–Crippen MR) is 67.2 cm³/mol. The molecule has 18 heavy (non-hydrogen) atoms. The first-order valence-electron chi connectivity index (χ1n) is 7.01. The number of nitrogens with one attached hydrogen (secondary N) is 1. The van der Waals surface area contributed by atoms with E-state index >= 15 is 0 Å². The van der Waals surface area contributed by atoms with Crippen LogP contribution in [0.4, 0.5) is 0 Å². The van der Waals surface area contributed by atoms with E-state index in [2.05, 4.69) is 14.7 Å². The molecular weight excluding hydrogens is 230 g/mol. The Morgan fingerprint density at radius 2 is 2.17 bits per heavy atom. The van der Waals surface area contributed by atoms with E-state index < -0.39 is 5.76 Å². The van der Waals surface area contributed by atoms with E-state index in [1.165, 1.54) is 38.5 Å². The molecule has 1 heterocycles. The van der Waals surface area contributed by atoms with E-state index in [0.717, 1.165) is 12.3 Å². The second-order valence-corrected chi connectivity index (χ2v) is 5.94. The van der Waals surface area contributed by atoms with Gasteiger partial charge in [0.1, 0.15) is 0 Å². The molecule has 3 N–H and O–H groups in total. The van der Waals surface area contributed by atoms with Crippen LogP contribution in [-0.2, 0) is 5.41 Å². The number of nitrogens with two attached hydrogens (primary N) is 1. The molecule has 0 aliphatic heterocycles. The summed E-state index contributed by atoms with van der Waals surface area (Å²) in [6, 6.07) is 0. The predicted octanol–water partition coefficient (Wildman–Crippen LogP) is 1.55. The van der Waals surface area contributed by atoms with E-state index in [1.807, 2.05) is 0 Å². The number of nitrogens with zero attached hydrogens (tertiary/aromatic N) is 1. The highest BCUT2D eigenvalue weighted by Gasteiger charge is 2.57. The van der Waals surface area contributed by atoms with Gasteiger partial charge >= 0.3 is 5.76 Å². The monoisotopic (exact) mass is 251 g/mol. The van der Waals surface area contributed by atoms with Gasteiger partial charge in [-0.1, -0.05) is 37.3 Å². The number of rotatable bonds is 4. The fraction of sp³-hybridized carbons (Fsp3) is 0.846. The maximum Gasteiger partial charge on any atom is 0.438 e. The van der Waals surface area contributed by atoms with Crippen molar-refractivity contribution in [3.05, 3.63) is 16.4 Å². The fourth-order valence-electron chi connectivity index (χ4n) is 3.60. The number of hydrogen-bond donors (Lipinski definition) is 2. The molecule has 0 amide bonds. The quantitative estimate of drug-likeness (QED) is 0.850. The highest BCUT2D eigenvalue weighted by molar-refractivity contribution is 5.22. The Labute approximate surface area is 106 Å². The molecule has 5 heteroatoms. The third-order valence-corrected chi connectivity index (χ3v) is 4.85. The molecule has 0 radical (unpaired) electrons. The lowest BCUT2D eigenvalue weighted by atomic mass is 9.84. The van der Waals surface area contributed by atoms with Gasteiger partial charge in [-0.25, -0.2) is 4.79 Å². The minimum atomic E-state index is -0.471. The second-order valence-electron chi connectivity index (χ2n) is 5.94. The Balaban J connectivity index is 1.67. The summed E-state index contributed by atoms with van der Waals surface area (Å²) in [4.78, 5) is 13.7. The molecule has 2 fully saturated rings. The smallest absolute Gasteiger partial charge is 0.329 e. The average Bonchev–Trinajstić information content (AvgIpc) is 2.92. The van der Waals surface area contributed by atoms with Crippen LogP contribution >= 0.6 is 0 Å². The number of aromatic amines is 1. The number of hydrogen-bond acceptors (Lipinski definition) is 4. The highest BCUT2D eigenvalue weighted by atomic mass is 16.5. The maximum atomic E-state index is 11.1. The van der Waals surface area contributed by atoms with Crippen LogP contribution in [0.3, 0.4) is 0 Å². The van der Waals surface area contributed by atoms with Crippen molar-refractivity contribution in [2.75, 3.05) is 6.54 Å². The van der Waals surface area contributed by atoms with Gasteiger partial charge in [-0.3, -0.25) is 9.51 Å². The molecular formula is C13H21N3O2. The maximum absolute atomic E-state index is 11.1. The molecule has 1 aromatic heterocycles. The summed E-state index contributed by atoms with van der Waals surface area (Å²) in [5.74, 6) is 1.61. The van der Waals surface area contributed by atoms with Crippen molar-refractivity contribution in [2.24, 2.45) is 17.6 Å². The van der Waals surface area contributed by atoms with E-state index in [0.29, 0.717) is 18.3 Å². The van der Waals surface area contributed by atoms with Crippen LogP contribution in [0.25, 0.3) is 0 Å². The molecule has 0 bridgehead atoms. The van der Waals surface area contributed by atoms with Crippen LogP contribution in [0.15, 0.2) is 9.32 Å². The first kappa shape index (κ1) is 12.0. The summed E-state index contributed by atoms with van der Waals surface area (Å²) in [7, 11) is 0. The summed E-state index contributed by atoms with van der Waals surface area (Å²) in [6.07, 6.45) is 9.11. The van der Waals surface area contributed by atoms with Crippen LogP contribution in [0.5, 0.6) is 0 Å². The number of H-pyrrole nitrogens is 1. The lowest BCUT2D eigenvalue weighted by Crippen LogP contribution is -2.25. The SMILES string of the molecule is NCC1(c2noc(=O)[nH]2)CC1CC1CCCCC1. The third-order valence-electron chi connectivity index (χ3n) is 4.85. The van der Waals surface area contributed by atoms with Gasteiger partial charge in [-0.2, -0.15) is 0 Å². The largest absolute Gasteiger partial charge is 0.438 e. The van der Waals surface area contributed by atoms with Gasteiger partial charge in [0.25, 0.3) is 0 Å². The van der Waals surface area contributed by atoms with Crippen LogP contribution in [-0.4, -0.2) is 16.7 Å². The van der Waals surface area contributed by atoms with E-state index in [4.69, 9.17) is 5.73 Å². The van der Waals surface area contributed by atoms with Crippen molar-refractivity contribution in [1.29, 1.82) is 0 Å². The third kappa shape index (κ3) is 2.00. The molecule has 2 saturated carbocycles. The van der Waals surface area contributed by atoms with E-state index in [9.17, 15) is 4.79 Å². The first-order valence-corrected chi connectivity index (χ1v) is 7.01. The lowest BCUT2D eigenvalue weighted by Gasteiger charge is -2.22. The van der Waals surface area contributed by atoms with Gasteiger partial charge in [0.2, 0.25) is 0 Å². The fourth-order valence-corrected chi connectivity index (χ4v) is 3.60. The Morgan fingerprint density at radius 3 is 2.78 bits per heavy atom. The molecule has 2 unspecified atom stereocenters. The van der Waals surface area contributed by atoms with Crippen LogP contribution < -0.4 is 11.5 Å². The minimum Gasteiger partial charge on any atom is -0.329 e. The minimum absolute atomic E-state index is 0.108. The zero-order chi connectivity index (χ0) is 12.6. The summed E-state index contributed by atoms with van der Waals surface area (Å²) in [5, 5.41) is 3.84. The summed E-state index contributed by atoms with van der Waals surface area (Å²) >= 11 is 0. The molecule has 0 saturated heterocycles. The van der Waals surface area contributed by atoms with Gasteiger partial charge in [0.05, 0.1) is 0 Å². The highest BCUT2D eigenvalue weighted by Crippen LogP contribution is 2.56. The molecule has 5 nitrogen and oxygen atoms in total. The summed E-state index contributed by atoms with van der Waals surface area (Å²) in [6.45, 7) is 0.548. The molecule has 2 aliphatic carbocycles. The zero-order valence-electron chi connectivity index (χ0n) is 10.7. The first-order chi connectivity index (χ1) is 8.74. The zero-order valence-corrected chi connectivity index (χ0v) is 10.7. The van der Waals surface area contributed by atoms with Crippen LogP contribution in [0, 0.1) is 11.8 Å². The average molecular weight is 251 g/mol. The van der Waals surface area contributed by atoms with Crippen LogP contribution in [0.2, 0.25) is 0 Å². The van der Waals surface area contributed by atoms with Crippen LogP contribution in [0.1, 0.15) is 50.8 Å². The lowest BCUT2D eigenvalue weighted by molar-refractivity contribution is 0.312. The van der Waals surface area contributed by atoms with Crippen molar-refractivity contribution in [3.63, 3.8) is 0 Å². The molecule has 0 aromatic carbocycles.